The lowest BCUT2D eigenvalue weighted by Crippen LogP contribution is -2.46. The second kappa shape index (κ2) is 3.63. The zero-order valence-corrected chi connectivity index (χ0v) is 9.27. The number of allylic oxidation sites excluding steroid dienone is 2. The summed E-state index contributed by atoms with van der Waals surface area (Å²) in [5.74, 6) is 0.383. The maximum atomic E-state index is 11.9. The van der Waals surface area contributed by atoms with Crippen LogP contribution in [0.3, 0.4) is 0 Å². The van der Waals surface area contributed by atoms with Gasteiger partial charge in [0, 0.05) is 0 Å². The predicted octanol–water partition coefficient (Wildman–Crippen LogP) is 1.51. The lowest BCUT2D eigenvalue weighted by molar-refractivity contribution is -0.163. The minimum atomic E-state index is -0.664. The lowest BCUT2D eigenvalue weighted by atomic mass is 9.70. The molecule has 0 heterocycles. The second-order valence-electron chi connectivity index (χ2n) is 4.65. The standard InChI is InChI=1S/C12H18O3/c1-3-10(13)12(11(14)15-2)7-8-4-5-9(12)6-8/h4-5,8-10,13H,3,6-7H2,1-2H3/t8-,9+,10-,12-/m1/s1. The number of methoxy groups -OCH3 is 1. The molecule has 0 aliphatic heterocycles. The Kier molecular flexibility index (Phi) is 2.59. The molecular weight excluding hydrogens is 192 g/mol. The Hall–Kier alpha value is -0.830. The van der Waals surface area contributed by atoms with Crippen molar-refractivity contribution in [2.75, 3.05) is 7.11 Å². The van der Waals surface area contributed by atoms with Crippen LogP contribution < -0.4 is 0 Å². The minimum Gasteiger partial charge on any atom is -0.468 e. The number of ether oxygens (including phenoxy) is 1. The normalized spacial score (nSPS) is 39.4. The van der Waals surface area contributed by atoms with E-state index in [1.165, 1.54) is 7.11 Å². The van der Waals surface area contributed by atoms with Gasteiger partial charge in [0.25, 0.3) is 0 Å². The van der Waals surface area contributed by atoms with Crippen LogP contribution in [0.5, 0.6) is 0 Å². The number of fused-ring (bicyclic) bond motifs is 2. The summed E-state index contributed by atoms with van der Waals surface area (Å²) in [7, 11) is 1.40. The molecule has 0 spiro atoms. The van der Waals surface area contributed by atoms with Crippen LogP contribution in [-0.4, -0.2) is 24.3 Å². The average molecular weight is 210 g/mol. The molecule has 0 unspecified atom stereocenters. The first-order valence-electron chi connectivity index (χ1n) is 5.60. The van der Waals surface area contributed by atoms with Gasteiger partial charge < -0.3 is 9.84 Å². The zero-order valence-electron chi connectivity index (χ0n) is 9.27. The van der Waals surface area contributed by atoms with Crippen LogP contribution in [0.4, 0.5) is 0 Å². The molecule has 1 fully saturated rings. The summed E-state index contributed by atoms with van der Waals surface area (Å²) in [4.78, 5) is 11.9. The summed E-state index contributed by atoms with van der Waals surface area (Å²) in [5, 5.41) is 10.1. The summed E-state index contributed by atoms with van der Waals surface area (Å²) in [5.41, 5.74) is -0.664. The first-order chi connectivity index (χ1) is 7.15. The largest absolute Gasteiger partial charge is 0.468 e. The summed E-state index contributed by atoms with van der Waals surface area (Å²) >= 11 is 0. The molecule has 4 atom stereocenters. The van der Waals surface area contributed by atoms with Crippen molar-refractivity contribution in [1.82, 2.24) is 0 Å². The maximum Gasteiger partial charge on any atom is 0.315 e. The van der Waals surface area contributed by atoms with Gasteiger partial charge in [0.2, 0.25) is 0 Å². The van der Waals surface area contributed by atoms with Crippen molar-refractivity contribution in [3.8, 4) is 0 Å². The molecule has 0 amide bonds. The van der Waals surface area contributed by atoms with Gasteiger partial charge in [-0.15, -0.1) is 0 Å². The van der Waals surface area contributed by atoms with Crippen LogP contribution in [0.2, 0.25) is 0 Å². The number of aliphatic hydroxyl groups is 1. The van der Waals surface area contributed by atoms with Gasteiger partial charge in [0.15, 0.2) is 0 Å². The third-order valence-electron chi connectivity index (χ3n) is 3.98. The molecule has 3 nitrogen and oxygen atoms in total. The number of hydrogen-bond donors (Lipinski definition) is 1. The van der Waals surface area contributed by atoms with E-state index >= 15 is 0 Å². The quantitative estimate of drug-likeness (QED) is 0.567. The molecule has 0 radical (unpaired) electrons. The molecule has 2 aliphatic rings. The maximum absolute atomic E-state index is 11.9. The molecule has 15 heavy (non-hydrogen) atoms. The molecule has 0 aromatic carbocycles. The number of esters is 1. The number of rotatable bonds is 3. The number of carbonyl (C=O) groups is 1. The third kappa shape index (κ3) is 1.33. The van der Waals surface area contributed by atoms with Crippen molar-refractivity contribution >= 4 is 5.97 Å². The molecule has 1 saturated carbocycles. The van der Waals surface area contributed by atoms with Gasteiger partial charge in [-0.1, -0.05) is 19.1 Å². The average Bonchev–Trinajstić information content (AvgIpc) is 2.86. The number of hydrogen-bond acceptors (Lipinski definition) is 3. The van der Waals surface area contributed by atoms with Crippen LogP contribution in [0.25, 0.3) is 0 Å². The van der Waals surface area contributed by atoms with Gasteiger partial charge in [-0.25, -0.2) is 0 Å². The Morgan fingerprint density at radius 1 is 1.67 bits per heavy atom. The molecule has 0 aromatic rings. The van der Waals surface area contributed by atoms with Crippen LogP contribution in [-0.2, 0) is 9.53 Å². The van der Waals surface area contributed by atoms with E-state index in [4.69, 9.17) is 4.74 Å². The Morgan fingerprint density at radius 3 is 2.80 bits per heavy atom. The second-order valence-corrected chi connectivity index (χ2v) is 4.65. The highest BCUT2D eigenvalue weighted by atomic mass is 16.5. The van der Waals surface area contributed by atoms with E-state index in [-0.39, 0.29) is 11.9 Å². The monoisotopic (exact) mass is 210 g/mol. The van der Waals surface area contributed by atoms with Crippen LogP contribution in [0, 0.1) is 17.3 Å². The van der Waals surface area contributed by atoms with Crippen LogP contribution >= 0.6 is 0 Å². The lowest BCUT2D eigenvalue weighted by Gasteiger charge is -2.36. The van der Waals surface area contributed by atoms with E-state index in [0.717, 1.165) is 12.8 Å². The van der Waals surface area contributed by atoms with Crippen molar-refractivity contribution in [3.63, 3.8) is 0 Å². The van der Waals surface area contributed by atoms with E-state index in [1.807, 2.05) is 6.92 Å². The van der Waals surface area contributed by atoms with Gasteiger partial charge in [-0.2, -0.15) is 0 Å². The van der Waals surface area contributed by atoms with Gasteiger partial charge in [0.05, 0.1) is 13.2 Å². The first-order valence-corrected chi connectivity index (χ1v) is 5.60. The topological polar surface area (TPSA) is 46.5 Å². The Labute approximate surface area is 90.1 Å². The molecule has 1 N–H and O–H groups in total. The zero-order chi connectivity index (χ0) is 11.1. The smallest absolute Gasteiger partial charge is 0.315 e. The van der Waals surface area contributed by atoms with Crippen LogP contribution in [0.15, 0.2) is 12.2 Å². The molecule has 2 bridgehead atoms. The summed E-state index contributed by atoms with van der Waals surface area (Å²) in [6, 6.07) is 0. The summed E-state index contributed by atoms with van der Waals surface area (Å²) in [6.07, 6.45) is 6.00. The molecule has 0 saturated heterocycles. The van der Waals surface area contributed by atoms with Gasteiger partial charge in [-0.3, -0.25) is 4.79 Å². The van der Waals surface area contributed by atoms with Crippen molar-refractivity contribution in [2.24, 2.45) is 17.3 Å². The fraction of sp³-hybridized carbons (Fsp3) is 0.750. The Morgan fingerprint density at radius 2 is 2.40 bits per heavy atom. The van der Waals surface area contributed by atoms with E-state index in [1.54, 1.807) is 0 Å². The van der Waals surface area contributed by atoms with Crippen molar-refractivity contribution in [1.29, 1.82) is 0 Å². The van der Waals surface area contributed by atoms with Gasteiger partial charge in [0.1, 0.15) is 5.41 Å². The molecule has 2 rings (SSSR count). The van der Waals surface area contributed by atoms with Gasteiger partial charge >= 0.3 is 5.97 Å². The SMILES string of the molecule is CC[C@@H](O)[C@@]1(C(=O)OC)C[C@@H]2C=C[C@H]1C2. The fourth-order valence-electron chi connectivity index (χ4n) is 3.20. The summed E-state index contributed by atoms with van der Waals surface area (Å²) in [6.45, 7) is 1.91. The van der Waals surface area contributed by atoms with Crippen molar-refractivity contribution in [2.45, 2.75) is 32.3 Å². The van der Waals surface area contributed by atoms with E-state index < -0.39 is 11.5 Å². The van der Waals surface area contributed by atoms with E-state index in [9.17, 15) is 9.90 Å². The molecular formula is C12H18O3. The summed E-state index contributed by atoms with van der Waals surface area (Å²) < 4.78 is 4.88. The van der Waals surface area contributed by atoms with E-state index in [2.05, 4.69) is 12.2 Å². The van der Waals surface area contributed by atoms with E-state index in [0.29, 0.717) is 12.3 Å². The molecule has 3 heteroatoms. The molecule has 2 aliphatic carbocycles. The fourth-order valence-corrected chi connectivity index (χ4v) is 3.20. The minimum absolute atomic E-state index is 0.171. The van der Waals surface area contributed by atoms with Gasteiger partial charge in [-0.05, 0) is 31.1 Å². The highest BCUT2D eigenvalue weighted by molar-refractivity contribution is 5.79. The Bertz CT molecular complexity index is 297. The number of aliphatic hydroxyl groups excluding tert-OH is 1. The predicted molar refractivity (Wildman–Crippen MR) is 56.1 cm³/mol. The highest BCUT2D eigenvalue weighted by Gasteiger charge is 2.57. The third-order valence-corrected chi connectivity index (χ3v) is 3.98. The number of carbonyl (C=O) groups excluding carboxylic acids is 1. The van der Waals surface area contributed by atoms with Crippen molar-refractivity contribution in [3.05, 3.63) is 12.2 Å². The first kappa shape index (κ1) is 10.7. The van der Waals surface area contributed by atoms with Crippen molar-refractivity contribution < 1.29 is 14.6 Å². The van der Waals surface area contributed by atoms with Crippen LogP contribution in [0.1, 0.15) is 26.2 Å². The molecule has 84 valence electrons. The highest BCUT2D eigenvalue weighted by Crippen LogP contribution is 2.55. The molecule has 0 aromatic heterocycles. The Balaban J connectivity index is 2.32.